The maximum atomic E-state index is 10.5. The van der Waals surface area contributed by atoms with Gasteiger partial charge in [-0.2, -0.15) is 0 Å². The molecule has 0 aliphatic heterocycles. The highest BCUT2D eigenvalue weighted by molar-refractivity contribution is 6.42. The zero-order chi connectivity index (χ0) is 14.8. The number of nitrogens with zero attached hydrogens (tertiary/aromatic N) is 1. The number of fused-ring (bicyclic) bond motifs is 1. The second-order valence-corrected chi connectivity index (χ2v) is 5.73. The third-order valence-corrected chi connectivity index (χ3v) is 4.21. The van der Waals surface area contributed by atoms with E-state index in [0.29, 0.717) is 16.5 Å². The number of aromatic nitrogens is 1. The Hall–Kier alpha value is -1.61. The summed E-state index contributed by atoms with van der Waals surface area (Å²) in [5.41, 5.74) is 1.75. The Labute approximate surface area is 133 Å². The molecule has 1 heterocycles. The van der Waals surface area contributed by atoms with Crippen LogP contribution in [-0.4, -0.2) is 10.1 Å². The van der Waals surface area contributed by atoms with Crippen LogP contribution in [0.5, 0.6) is 0 Å². The number of halogens is 2. The molecule has 3 aromatic rings. The minimum Gasteiger partial charge on any atom is -0.388 e. The highest BCUT2D eigenvalue weighted by atomic mass is 35.5. The van der Waals surface area contributed by atoms with Crippen molar-refractivity contribution in [2.75, 3.05) is 0 Å². The summed E-state index contributed by atoms with van der Waals surface area (Å²) >= 11 is 11.9. The van der Waals surface area contributed by atoms with Crippen LogP contribution in [-0.2, 0) is 6.42 Å². The Balaban J connectivity index is 1.93. The Morgan fingerprint density at radius 3 is 2.62 bits per heavy atom. The second-order valence-electron chi connectivity index (χ2n) is 4.92. The van der Waals surface area contributed by atoms with Crippen LogP contribution in [0.1, 0.15) is 17.2 Å². The molecule has 0 aliphatic carbocycles. The average Bonchev–Trinajstić information content (AvgIpc) is 2.50. The summed E-state index contributed by atoms with van der Waals surface area (Å²) in [4.78, 5) is 4.20. The van der Waals surface area contributed by atoms with E-state index in [-0.39, 0.29) is 0 Å². The minimum atomic E-state index is -0.638. The van der Waals surface area contributed by atoms with Gasteiger partial charge in [-0.1, -0.05) is 53.5 Å². The van der Waals surface area contributed by atoms with Gasteiger partial charge in [-0.3, -0.25) is 4.98 Å². The zero-order valence-electron chi connectivity index (χ0n) is 11.1. The molecule has 4 heteroatoms. The fraction of sp³-hybridized carbons (Fsp3) is 0.118. The number of hydrogen-bond acceptors (Lipinski definition) is 2. The van der Waals surface area contributed by atoms with Gasteiger partial charge in [-0.05, 0) is 23.1 Å². The molecule has 0 amide bonds. The van der Waals surface area contributed by atoms with Crippen molar-refractivity contribution in [1.29, 1.82) is 0 Å². The van der Waals surface area contributed by atoms with E-state index in [9.17, 15) is 5.11 Å². The van der Waals surface area contributed by atoms with Crippen molar-refractivity contribution in [1.82, 2.24) is 4.98 Å². The van der Waals surface area contributed by atoms with Gasteiger partial charge in [0.1, 0.15) is 0 Å². The topological polar surface area (TPSA) is 33.1 Å². The van der Waals surface area contributed by atoms with Crippen molar-refractivity contribution >= 4 is 34.0 Å². The van der Waals surface area contributed by atoms with Gasteiger partial charge in [-0.25, -0.2) is 0 Å². The van der Waals surface area contributed by atoms with Gasteiger partial charge in [0.25, 0.3) is 0 Å². The quantitative estimate of drug-likeness (QED) is 0.751. The standard InChI is InChI=1S/C17H13Cl2NO/c18-15-6-5-11(7-16(15)19)8-17(21)14-10-20-9-12-3-1-2-4-13(12)14/h1-7,9-10,17,21H,8H2. The Bertz CT molecular complexity index is 783. The lowest BCUT2D eigenvalue weighted by atomic mass is 9.98. The SMILES string of the molecule is OC(Cc1ccc(Cl)c(Cl)c1)c1cncc2ccccc12. The molecule has 0 saturated heterocycles. The fourth-order valence-corrected chi connectivity index (χ4v) is 2.73. The van der Waals surface area contributed by atoms with E-state index < -0.39 is 6.10 Å². The molecule has 2 aromatic carbocycles. The summed E-state index contributed by atoms with van der Waals surface area (Å²) in [6.07, 6.45) is 3.34. The highest BCUT2D eigenvalue weighted by Crippen LogP contribution is 2.28. The predicted octanol–water partition coefficient (Wildman–Crippen LogP) is 4.82. The lowest BCUT2D eigenvalue weighted by Gasteiger charge is -2.13. The van der Waals surface area contributed by atoms with Crippen LogP contribution in [0.4, 0.5) is 0 Å². The number of rotatable bonds is 3. The summed E-state index contributed by atoms with van der Waals surface area (Å²) in [7, 11) is 0. The van der Waals surface area contributed by atoms with Gasteiger partial charge in [0, 0.05) is 29.8 Å². The first kappa shape index (κ1) is 14.3. The molecule has 0 aliphatic rings. The van der Waals surface area contributed by atoms with Crippen molar-refractivity contribution in [3.8, 4) is 0 Å². The van der Waals surface area contributed by atoms with E-state index in [4.69, 9.17) is 23.2 Å². The molecule has 0 spiro atoms. The molecule has 1 atom stereocenters. The molecular weight excluding hydrogens is 305 g/mol. The van der Waals surface area contributed by atoms with Crippen LogP contribution in [0.2, 0.25) is 10.0 Å². The van der Waals surface area contributed by atoms with Crippen LogP contribution in [0, 0.1) is 0 Å². The van der Waals surface area contributed by atoms with Crippen LogP contribution in [0.3, 0.4) is 0 Å². The fourth-order valence-electron chi connectivity index (χ4n) is 2.41. The lowest BCUT2D eigenvalue weighted by Crippen LogP contribution is -2.03. The zero-order valence-corrected chi connectivity index (χ0v) is 12.6. The molecule has 1 N–H and O–H groups in total. The largest absolute Gasteiger partial charge is 0.388 e. The smallest absolute Gasteiger partial charge is 0.0851 e. The van der Waals surface area contributed by atoms with Gasteiger partial charge in [-0.15, -0.1) is 0 Å². The molecular formula is C17H13Cl2NO. The van der Waals surface area contributed by atoms with Crippen molar-refractivity contribution < 1.29 is 5.11 Å². The summed E-state index contributed by atoms with van der Waals surface area (Å²) in [6, 6.07) is 13.3. The summed E-state index contributed by atoms with van der Waals surface area (Å²) in [5.74, 6) is 0. The first-order chi connectivity index (χ1) is 10.1. The maximum Gasteiger partial charge on any atom is 0.0851 e. The maximum absolute atomic E-state index is 10.5. The normalized spacial score (nSPS) is 12.5. The van der Waals surface area contributed by atoms with Crippen LogP contribution in [0.15, 0.2) is 54.9 Å². The van der Waals surface area contributed by atoms with Crippen LogP contribution >= 0.6 is 23.2 Å². The van der Waals surface area contributed by atoms with Gasteiger partial charge < -0.3 is 5.11 Å². The summed E-state index contributed by atoms with van der Waals surface area (Å²) in [6.45, 7) is 0. The van der Waals surface area contributed by atoms with Gasteiger partial charge in [0.05, 0.1) is 16.1 Å². The molecule has 106 valence electrons. The van der Waals surface area contributed by atoms with Crippen molar-refractivity contribution in [2.45, 2.75) is 12.5 Å². The van der Waals surface area contributed by atoms with Crippen LogP contribution in [0.25, 0.3) is 10.8 Å². The molecule has 0 fully saturated rings. The number of benzene rings is 2. The number of pyridine rings is 1. The molecule has 1 unspecified atom stereocenters. The van der Waals surface area contributed by atoms with Crippen molar-refractivity contribution in [2.24, 2.45) is 0 Å². The van der Waals surface area contributed by atoms with Gasteiger partial charge in [0.15, 0.2) is 0 Å². The molecule has 21 heavy (non-hydrogen) atoms. The van der Waals surface area contributed by atoms with Gasteiger partial charge in [0.2, 0.25) is 0 Å². The molecule has 2 nitrogen and oxygen atoms in total. The summed E-state index contributed by atoms with van der Waals surface area (Å²) in [5, 5.41) is 13.6. The molecule has 1 aromatic heterocycles. The molecule has 0 bridgehead atoms. The number of hydrogen-bond donors (Lipinski definition) is 1. The Morgan fingerprint density at radius 2 is 1.81 bits per heavy atom. The Kier molecular flexibility index (Phi) is 4.11. The highest BCUT2D eigenvalue weighted by Gasteiger charge is 2.13. The summed E-state index contributed by atoms with van der Waals surface area (Å²) < 4.78 is 0. The third kappa shape index (κ3) is 3.03. The first-order valence-electron chi connectivity index (χ1n) is 6.60. The monoisotopic (exact) mass is 317 g/mol. The van der Waals surface area contributed by atoms with Crippen molar-refractivity contribution in [3.05, 3.63) is 76.0 Å². The predicted molar refractivity (Wildman–Crippen MR) is 86.9 cm³/mol. The molecule has 0 radical (unpaired) electrons. The van der Waals surface area contributed by atoms with Gasteiger partial charge >= 0.3 is 0 Å². The van der Waals surface area contributed by atoms with E-state index in [1.165, 1.54) is 0 Å². The average molecular weight is 318 g/mol. The third-order valence-electron chi connectivity index (χ3n) is 3.47. The van der Waals surface area contributed by atoms with E-state index in [1.54, 1.807) is 24.5 Å². The van der Waals surface area contributed by atoms with E-state index in [1.807, 2.05) is 30.3 Å². The Morgan fingerprint density at radius 1 is 1.00 bits per heavy atom. The molecule has 0 saturated carbocycles. The van der Waals surface area contributed by atoms with Crippen molar-refractivity contribution in [3.63, 3.8) is 0 Å². The second kappa shape index (κ2) is 6.02. The van der Waals surface area contributed by atoms with E-state index >= 15 is 0 Å². The first-order valence-corrected chi connectivity index (χ1v) is 7.35. The van der Waals surface area contributed by atoms with E-state index in [0.717, 1.165) is 21.9 Å². The minimum absolute atomic E-state index is 0.465. The van der Waals surface area contributed by atoms with E-state index in [2.05, 4.69) is 4.98 Å². The number of aliphatic hydroxyl groups is 1. The molecule has 3 rings (SSSR count). The van der Waals surface area contributed by atoms with Crippen LogP contribution < -0.4 is 0 Å². The lowest BCUT2D eigenvalue weighted by molar-refractivity contribution is 0.179. The number of aliphatic hydroxyl groups excluding tert-OH is 1.